The number of aliphatic carboxylic acids is 1. The van der Waals surface area contributed by atoms with Crippen LogP contribution in [0.5, 0.6) is 0 Å². The second kappa shape index (κ2) is 6.30. The lowest BCUT2D eigenvalue weighted by atomic mass is 10.1. The summed E-state index contributed by atoms with van der Waals surface area (Å²) < 4.78 is 12.9. The molecule has 1 atom stereocenters. The fourth-order valence-corrected chi connectivity index (χ4v) is 1.55. The first kappa shape index (κ1) is 14.4. The molecule has 0 aliphatic heterocycles. The van der Waals surface area contributed by atoms with Crippen LogP contribution in [-0.4, -0.2) is 28.0 Å². The van der Waals surface area contributed by atoms with Crippen molar-refractivity contribution < 1.29 is 19.1 Å². The quantitative estimate of drug-likeness (QED) is 0.803. The van der Waals surface area contributed by atoms with E-state index < -0.39 is 23.7 Å². The van der Waals surface area contributed by atoms with Gasteiger partial charge in [-0.25, -0.2) is 14.2 Å². The molecule has 0 aliphatic rings. The summed E-state index contributed by atoms with van der Waals surface area (Å²) in [5, 5.41) is 11.0. The normalized spacial score (nSPS) is 11.9. The van der Waals surface area contributed by atoms with Crippen LogP contribution < -0.4 is 5.32 Å². The van der Waals surface area contributed by atoms with Crippen LogP contribution in [0.2, 0.25) is 5.15 Å². The monoisotopic (exact) mass is 274 g/mol. The number of carbonyl (C=O) groups is 2. The molecule has 1 rings (SSSR count). The van der Waals surface area contributed by atoms with E-state index in [1.807, 2.05) is 0 Å². The number of carboxylic acids is 1. The van der Waals surface area contributed by atoms with E-state index in [1.165, 1.54) is 0 Å². The number of carboxylic acid groups (broad SMARTS) is 1. The summed E-state index contributed by atoms with van der Waals surface area (Å²) in [4.78, 5) is 26.1. The van der Waals surface area contributed by atoms with Gasteiger partial charge >= 0.3 is 5.97 Å². The Hall–Kier alpha value is -1.69. The Morgan fingerprint density at radius 1 is 1.61 bits per heavy atom. The minimum atomic E-state index is -1.15. The fourth-order valence-electron chi connectivity index (χ4n) is 1.36. The average Bonchev–Trinajstić information content (AvgIpc) is 2.31. The summed E-state index contributed by atoms with van der Waals surface area (Å²) in [5.74, 6) is -2.62. The fraction of sp³-hybridized carbons (Fsp3) is 0.364. The van der Waals surface area contributed by atoms with Crippen molar-refractivity contribution in [1.29, 1.82) is 0 Å². The van der Waals surface area contributed by atoms with Crippen LogP contribution in [0.1, 0.15) is 30.1 Å². The lowest BCUT2D eigenvalue weighted by molar-refractivity contribution is -0.139. The molecule has 0 fully saturated rings. The van der Waals surface area contributed by atoms with Crippen LogP contribution in [0.4, 0.5) is 4.39 Å². The number of amides is 1. The van der Waals surface area contributed by atoms with Crippen molar-refractivity contribution in [3.05, 3.63) is 28.8 Å². The largest absolute Gasteiger partial charge is 0.480 e. The Labute approximate surface area is 108 Å². The molecular formula is C11H12ClFN2O3. The Kier molecular flexibility index (Phi) is 5.03. The number of hydrogen-bond acceptors (Lipinski definition) is 3. The van der Waals surface area contributed by atoms with E-state index in [9.17, 15) is 14.0 Å². The number of hydrogen-bond donors (Lipinski definition) is 2. The van der Waals surface area contributed by atoms with Gasteiger partial charge in [-0.05, 0) is 12.5 Å². The zero-order valence-electron chi connectivity index (χ0n) is 9.61. The van der Waals surface area contributed by atoms with Gasteiger partial charge in [0.25, 0.3) is 5.91 Å². The molecule has 1 aromatic rings. The molecule has 0 unspecified atom stereocenters. The van der Waals surface area contributed by atoms with Gasteiger partial charge in [0.05, 0.1) is 11.8 Å². The van der Waals surface area contributed by atoms with Crippen molar-refractivity contribution in [1.82, 2.24) is 10.3 Å². The summed E-state index contributed by atoms with van der Waals surface area (Å²) in [6, 6.07) is -0.114. The highest BCUT2D eigenvalue weighted by Crippen LogP contribution is 2.14. The highest BCUT2D eigenvalue weighted by atomic mass is 35.5. The molecule has 1 heterocycles. The maximum Gasteiger partial charge on any atom is 0.326 e. The van der Waals surface area contributed by atoms with Gasteiger partial charge in [-0.2, -0.15) is 0 Å². The van der Waals surface area contributed by atoms with Crippen molar-refractivity contribution in [2.24, 2.45) is 0 Å². The third-order valence-corrected chi connectivity index (χ3v) is 2.53. The summed E-state index contributed by atoms with van der Waals surface area (Å²) in [7, 11) is 0. The van der Waals surface area contributed by atoms with Gasteiger partial charge in [0, 0.05) is 0 Å². The second-order valence-corrected chi connectivity index (χ2v) is 4.00. The standard InChI is InChI=1S/C11H12ClFN2O3/c1-2-3-8(11(17)18)15-10(16)7-4-6(13)5-14-9(7)12/h4-5,8H,2-3H2,1H3,(H,15,16)(H,17,18)/t8-/m1/s1. The Morgan fingerprint density at radius 3 is 2.83 bits per heavy atom. The number of aromatic nitrogens is 1. The summed E-state index contributed by atoms with van der Waals surface area (Å²) >= 11 is 5.65. The SMILES string of the molecule is CCC[C@@H](NC(=O)c1cc(F)cnc1Cl)C(=O)O. The van der Waals surface area contributed by atoms with E-state index in [0.717, 1.165) is 12.3 Å². The molecule has 0 bridgehead atoms. The summed E-state index contributed by atoms with van der Waals surface area (Å²) in [5.41, 5.74) is -0.181. The molecule has 0 saturated carbocycles. The van der Waals surface area contributed by atoms with Crippen LogP contribution in [0, 0.1) is 5.82 Å². The van der Waals surface area contributed by atoms with E-state index in [2.05, 4.69) is 10.3 Å². The lowest BCUT2D eigenvalue weighted by Crippen LogP contribution is -2.40. The minimum absolute atomic E-state index is 0.172. The number of pyridine rings is 1. The molecular weight excluding hydrogens is 263 g/mol. The topological polar surface area (TPSA) is 79.3 Å². The minimum Gasteiger partial charge on any atom is -0.480 e. The van der Waals surface area contributed by atoms with E-state index in [1.54, 1.807) is 6.92 Å². The van der Waals surface area contributed by atoms with E-state index >= 15 is 0 Å². The third-order valence-electron chi connectivity index (χ3n) is 2.23. The van der Waals surface area contributed by atoms with E-state index in [-0.39, 0.29) is 17.1 Å². The molecule has 18 heavy (non-hydrogen) atoms. The Balaban J connectivity index is 2.86. The third kappa shape index (κ3) is 3.66. The van der Waals surface area contributed by atoms with Crippen molar-refractivity contribution in [2.75, 3.05) is 0 Å². The molecule has 1 amide bonds. The van der Waals surface area contributed by atoms with Crippen molar-refractivity contribution in [2.45, 2.75) is 25.8 Å². The molecule has 5 nitrogen and oxygen atoms in total. The van der Waals surface area contributed by atoms with Crippen molar-refractivity contribution in [3.8, 4) is 0 Å². The highest BCUT2D eigenvalue weighted by Gasteiger charge is 2.21. The maximum absolute atomic E-state index is 12.9. The molecule has 7 heteroatoms. The molecule has 98 valence electrons. The van der Waals surface area contributed by atoms with Crippen LogP contribution >= 0.6 is 11.6 Å². The zero-order valence-corrected chi connectivity index (χ0v) is 10.4. The Morgan fingerprint density at radius 2 is 2.28 bits per heavy atom. The highest BCUT2D eigenvalue weighted by molar-refractivity contribution is 6.32. The second-order valence-electron chi connectivity index (χ2n) is 3.64. The van der Waals surface area contributed by atoms with Crippen molar-refractivity contribution in [3.63, 3.8) is 0 Å². The van der Waals surface area contributed by atoms with Gasteiger partial charge < -0.3 is 10.4 Å². The predicted molar refractivity (Wildman–Crippen MR) is 63.0 cm³/mol. The van der Waals surface area contributed by atoms with Gasteiger partial charge in [-0.1, -0.05) is 24.9 Å². The molecule has 0 radical (unpaired) electrons. The van der Waals surface area contributed by atoms with Crippen LogP contribution in [0.3, 0.4) is 0 Å². The zero-order chi connectivity index (χ0) is 13.7. The first-order chi connectivity index (χ1) is 8.45. The smallest absolute Gasteiger partial charge is 0.326 e. The van der Waals surface area contributed by atoms with Gasteiger partial charge in [0.1, 0.15) is 17.0 Å². The van der Waals surface area contributed by atoms with Gasteiger partial charge in [-0.15, -0.1) is 0 Å². The number of halogens is 2. The number of nitrogens with zero attached hydrogens (tertiary/aromatic N) is 1. The van der Waals surface area contributed by atoms with Gasteiger partial charge in [0.15, 0.2) is 0 Å². The average molecular weight is 275 g/mol. The Bertz CT molecular complexity index is 468. The first-order valence-corrected chi connectivity index (χ1v) is 5.68. The molecule has 0 aromatic carbocycles. The number of carbonyl (C=O) groups excluding carboxylic acids is 1. The van der Waals surface area contributed by atoms with E-state index in [4.69, 9.17) is 16.7 Å². The molecule has 0 aliphatic carbocycles. The van der Waals surface area contributed by atoms with Crippen LogP contribution in [0.25, 0.3) is 0 Å². The molecule has 0 spiro atoms. The van der Waals surface area contributed by atoms with Gasteiger partial charge in [-0.3, -0.25) is 4.79 Å². The predicted octanol–water partition coefficient (Wildman–Crippen LogP) is 1.86. The van der Waals surface area contributed by atoms with Crippen LogP contribution in [-0.2, 0) is 4.79 Å². The molecule has 2 N–H and O–H groups in total. The van der Waals surface area contributed by atoms with Crippen molar-refractivity contribution >= 4 is 23.5 Å². The van der Waals surface area contributed by atoms with Crippen LogP contribution in [0.15, 0.2) is 12.3 Å². The molecule has 0 saturated heterocycles. The molecule has 1 aromatic heterocycles. The first-order valence-electron chi connectivity index (χ1n) is 5.30. The van der Waals surface area contributed by atoms with E-state index in [0.29, 0.717) is 6.42 Å². The lowest BCUT2D eigenvalue weighted by Gasteiger charge is -2.13. The number of nitrogens with one attached hydrogen (secondary N) is 1. The number of rotatable bonds is 5. The maximum atomic E-state index is 12.9. The van der Waals surface area contributed by atoms with Gasteiger partial charge in [0.2, 0.25) is 0 Å². The summed E-state index contributed by atoms with van der Waals surface area (Å²) in [6.07, 6.45) is 1.74. The summed E-state index contributed by atoms with van der Waals surface area (Å²) in [6.45, 7) is 1.79.